The molecule has 30 heavy (non-hydrogen) atoms. The number of ether oxygens (including phenoxy) is 1. The lowest BCUT2D eigenvalue weighted by atomic mass is 10.3. The average Bonchev–Trinajstić information content (AvgIpc) is 3.34. The van der Waals surface area contributed by atoms with E-state index < -0.39 is 10.0 Å². The van der Waals surface area contributed by atoms with E-state index >= 15 is 0 Å². The van der Waals surface area contributed by atoms with Gasteiger partial charge >= 0.3 is 0 Å². The number of sulfonamides is 1. The van der Waals surface area contributed by atoms with Gasteiger partial charge < -0.3 is 13.9 Å². The van der Waals surface area contributed by atoms with Gasteiger partial charge in [-0.05, 0) is 50.2 Å². The minimum atomic E-state index is -3.77. The second-order valence-corrected chi connectivity index (χ2v) is 8.30. The third kappa shape index (κ3) is 4.18. The summed E-state index contributed by atoms with van der Waals surface area (Å²) in [5, 5.41) is -0.0307. The van der Waals surface area contributed by atoms with Crippen molar-refractivity contribution < 1.29 is 13.2 Å². The van der Waals surface area contributed by atoms with E-state index in [4.69, 9.17) is 4.74 Å². The number of benzene rings is 1. The number of imidazole rings is 1. The number of nitrogens with one attached hydrogen (secondary N) is 1. The maximum atomic E-state index is 12.5. The van der Waals surface area contributed by atoms with Crippen LogP contribution in [0.4, 0.5) is 5.69 Å². The van der Waals surface area contributed by atoms with E-state index in [0.29, 0.717) is 34.8 Å². The van der Waals surface area contributed by atoms with E-state index in [0.717, 1.165) is 0 Å². The molecule has 0 atom stereocenters. The molecule has 0 unspecified atom stereocenters. The average molecular weight is 424 g/mol. The first kappa shape index (κ1) is 19.6. The van der Waals surface area contributed by atoms with E-state index in [2.05, 4.69) is 19.7 Å². The molecule has 9 nitrogen and oxygen atoms in total. The van der Waals surface area contributed by atoms with Crippen LogP contribution >= 0.6 is 0 Å². The predicted molar refractivity (Wildman–Crippen MR) is 111 cm³/mol. The van der Waals surface area contributed by atoms with Gasteiger partial charge in [0.05, 0.1) is 0 Å². The molecule has 10 heteroatoms. The monoisotopic (exact) mass is 424 g/mol. The topological polar surface area (TPSA) is 104 Å². The second-order valence-electron chi connectivity index (χ2n) is 6.67. The molecule has 3 heterocycles. The quantitative estimate of drug-likeness (QED) is 0.510. The highest BCUT2D eigenvalue weighted by molar-refractivity contribution is 7.92. The summed E-state index contributed by atoms with van der Waals surface area (Å²) in [5.74, 6) is 2.79. The summed E-state index contributed by atoms with van der Waals surface area (Å²) in [4.78, 5) is 12.8. The molecule has 0 aliphatic carbocycles. The molecule has 4 rings (SSSR count). The van der Waals surface area contributed by atoms with Crippen molar-refractivity contribution in [1.82, 2.24) is 24.1 Å². The lowest BCUT2D eigenvalue weighted by Gasteiger charge is -2.10. The number of aryl methyl sites for hydroxylation is 3. The number of aromatic nitrogens is 5. The normalized spacial score (nSPS) is 11.4. The third-order valence-electron chi connectivity index (χ3n) is 4.36. The molecule has 0 radical (unpaired) electrons. The molecule has 0 spiro atoms. The Bertz CT molecular complexity index is 1260. The van der Waals surface area contributed by atoms with Crippen molar-refractivity contribution in [3.8, 4) is 17.4 Å². The fourth-order valence-electron chi connectivity index (χ4n) is 2.77. The zero-order chi connectivity index (χ0) is 21.3. The standard InChI is InChI=1S/C20H20N6O3S/c1-14-21-18(26-10-4-5-11-26)12-19(22-14)29-17-8-6-16(7-9-17)24-30(27,28)20-13-25(3)15(2)23-20/h4-13,24H,1-3H3. The van der Waals surface area contributed by atoms with Crippen LogP contribution in [0.2, 0.25) is 0 Å². The molecule has 1 N–H and O–H groups in total. The molecule has 154 valence electrons. The van der Waals surface area contributed by atoms with Gasteiger partial charge in [-0.2, -0.15) is 13.4 Å². The number of anilines is 1. The Morgan fingerprint density at radius 2 is 1.70 bits per heavy atom. The maximum absolute atomic E-state index is 12.5. The third-order valence-corrected chi connectivity index (χ3v) is 5.61. The largest absolute Gasteiger partial charge is 0.439 e. The van der Waals surface area contributed by atoms with Gasteiger partial charge in [-0.15, -0.1) is 0 Å². The van der Waals surface area contributed by atoms with Crippen LogP contribution in [0.1, 0.15) is 11.6 Å². The molecular formula is C20H20N6O3S. The highest BCUT2D eigenvalue weighted by atomic mass is 32.2. The van der Waals surface area contributed by atoms with Gasteiger partial charge in [0.25, 0.3) is 10.0 Å². The number of nitrogens with zero attached hydrogens (tertiary/aromatic N) is 5. The van der Waals surface area contributed by atoms with Crippen molar-refractivity contribution in [2.24, 2.45) is 7.05 Å². The first-order valence-electron chi connectivity index (χ1n) is 9.10. The van der Waals surface area contributed by atoms with Gasteiger partial charge in [0.1, 0.15) is 23.2 Å². The highest BCUT2D eigenvalue weighted by Gasteiger charge is 2.18. The Kier molecular flexibility index (Phi) is 5.00. The Morgan fingerprint density at radius 3 is 2.33 bits per heavy atom. The van der Waals surface area contributed by atoms with E-state index in [9.17, 15) is 8.42 Å². The predicted octanol–water partition coefficient (Wildman–Crippen LogP) is 3.21. The molecule has 0 fully saturated rings. The van der Waals surface area contributed by atoms with Crippen molar-refractivity contribution in [1.29, 1.82) is 0 Å². The minimum Gasteiger partial charge on any atom is -0.439 e. The Balaban J connectivity index is 1.50. The first-order valence-corrected chi connectivity index (χ1v) is 10.6. The van der Waals surface area contributed by atoms with Crippen LogP contribution < -0.4 is 9.46 Å². The summed E-state index contributed by atoms with van der Waals surface area (Å²) in [7, 11) is -2.03. The number of hydrogen-bond acceptors (Lipinski definition) is 6. The van der Waals surface area contributed by atoms with Crippen molar-refractivity contribution in [2.75, 3.05) is 4.72 Å². The molecule has 0 saturated heterocycles. The number of hydrogen-bond donors (Lipinski definition) is 1. The highest BCUT2D eigenvalue weighted by Crippen LogP contribution is 2.24. The van der Waals surface area contributed by atoms with Crippen molar-refractivity contribution in [3.05, 3.63) is 72.7 Å². The molecule has 0 aliphatic heterocycles. The Labute approximate surface area is 174 Å². The van der Waals surface area contributed by atoms with Gasteiger partial charge in [0.2, 0.25) is 5.88 Å². The fourth-order valence-corrected chi connectivity index (χ4v) is 3.87. The molecule has 1 aromatic carbocycles. The van der Waals surface area contributed by atoms with Crippen LogP contribution in [0.15, 0.2) is 66.1 Å². The van der Waals surface area contributed by atoms with Crippen LogP contribution in [0.3, 0.4) is 0 Å². The van der Waals surface area contributed by atoms with Gasteiger partial charge in [-0.3, -0.25) is 4.72 Å². The van der Waals surface area contributed by atoms with Crippen molar-refractivity contribution >= 4 is 15.7 Å². The van der Waals surface area contributed by atoms with Crippen molar-refractivity contribution in [2.45, 2.75) is 18.9 Å². The Morgan fingerprint density at radius 1 is 1.00 bits per heavy atom. The minimum absolute atomic E-state index is 0.0307. The summed E-state index contributed by atoms with van der Waals surface area (Å²) in [6, 6.07) is 12.1. The first-order chi connectivity index (χ1) is 14.3. The zero-order valence-electron chi connectivity index (χ0n) is 16.6. The van der Waals surface area contributed by atoms with Crippen LogP contribution in [-0.2, 0) is 17.1 Å². The SMILES string of the molecule is Cc1nc(Oc2ccc(NS(=O)(=O)c3cn(C)c(C)n3)cc2)cc(-n2cccc2)n1. The summed E-state index contributed by atoms with van der Waals surface area (Å²) in [6.45, 7) is 3.53. The van der Waals surface area contributed by atoms with Crippen molar-refractivity contribution in [3.63, 3.8) is 0 Å². The van der Waals surface area contributed by atoms with Crippen LogP contribution in [0.5, 0.6) is 11.6 Å². The van der Waals surface area contributed by atoms with Crippen LogP contribution in [0, 0.1) is 13.8 Å². The number of rotatable bonds is 6. The molecule has 3 aromatic heterocycles. The maximum Gasteiger partial charge on any atom is 0.280 e. The summed E-state index contributed by atoms with van der Waals surface area (Å²) in [5.41, 5.74) is 0.401. The van der Waals surface area contributed by atoms with Gasteiger partial charge in [0.15, 0.2) is 5.03 Å². The van der Waals surface area contributed by atoms with Gasteiger partial charge in [0, 0.05) is 37.4 Å². The Hall–Kier alpha value is -3.66. The second kappa shape index (κ2) is 7.64. The molecule has 0 saturated carbocycles. The van der Waals surface area contributed by atoms with Crippen LogP contribution in [0.25, 0.3) is 5.82 Å². The van der Waals surface area contributed by atoms with Gasteiger partial charge in [-0.1, -0.05) is 0 Å². The lowest BCUT2D eigenvalue weighted by molar-refractivity contribution is 0.459. The van der Waals surface area contributed by atoms with Crippen LogP contribution in [-0.4, -0.2) is 32.5 Å². The molecule has 0 amide bonds. The smallest absolute Gasteiger partial charge is 0.280 e. The molecule has 0 bridgehead atoms. The van der Waals surface area contributed by atoms with E-state index in [1.54, 1.807) is 55.8 Å². The summed E-state index contributed by atoms with van der Waals surface area (Å²) < 4.78 is 36.8. The molecule has 4 aromatic rings. The van der Waals surface area contributed by atoms with E-state index in [-0.39, 0.29) is 5.03 Å². The van der Waals surface area contributed by atoms with E-state index in [1.807, 2.05) is 29.1 Å². The lowest BCUT2D eigenvalue weighted by Crippen LogP contribution is -2.13. The van der Waals surface area contributed by atoms with E-state index in [1.165, 1.54) is 6.20 Å². The molecular weight excluding hydrogens is 404 g/mol. The van der Waals surface area contributed by atoms with Gasteiger partial charge in [-0.25, -0.2) is 9.97 Å². The summed E-state index contributed by atoms with van der Waals surface area (Å²) in [6.07, 6.45) is 5.24. The summed E-state index contributed by atoms with van der Waals surface area (Å²) >= 11 is 0. The molecule has 0 aliphatic rings. The zero-order valence-corrected chi connectivity index (χ0v) is 17.5. The fraction of sp³-hybridized carbons (Fsp3) is 0.150.